The Hall–Kier alpha value is -3.70. The number of nitrogens with zero attached hydrogens (tertiary/aromatic N) is 2. The van der Waals surface area contributed by atoms with Crippen molar-refractivity contribution in [3.05, 3.63) is 35.9 Å². The van der Waals surface area contributed by atoms with E-state index in [2.05, 4.69) is 20.6 Å². The molecule has 35 heavy (non-hydrogen) atoms. The Bertz CT molecular complexity index is 1290. The number of benzene rings is 1. The van der Waals surface area contributed by atoms with Crippen LogP contribution in [-0.4, -0.2) is 61.7 Å². The number of hydrogen-bond acceptors (Lipinski definition) is 9. The number of anilines is 3. The van der Waals surface area contributed by atoms with Gasteiger partial charge in [0, 0.05) is 49.0 Å². The minimum atomic E-state index is -0.665. The first-order valence-electron chi connectivity index (χ1n) is 11.3. The van der Waals surface area contributed by atoms with Crippen molar-refractivity contribution in [1.29, 1.82) is 0 Å². The third-order valence-corrected chi connectivity index (χ3v) is 6.27. The van der Waals surface area contributed by atoms with Crippen LogP contribution in [0.15, 0.2) is 24.5 Å². The second-order valence-electron chi connectivity index (χ2n) is 8.40. The number of nitrogen functional groups attached to an aromatic ring is 1. The van der Waals surface area contributed by atoms with E-state index in [1.54, 1.807) is 25.4 Å². The maximum absolute atomic E-state index is 15.3. The average Bonchev–Trinajstić information content (AvgIpc) is 2.87. The fourth-order valence-corrected chi connectivity index (χ4v) is 4.37. The molecule has 0 spiro atoms. The highest BCUT2D eigenvalue weighted by atomic mass is 19.1. The molecule has 0 saturated carbocycles. The molecule has 3 aromatic rings. The van der Waals surface area contributed by atoms with Crippen LogP contribution in [0.4, 0.5) is 26.4 Å². The molecule has 1 amide bonds. The van der Waals surface area contributed by atoms with E-state index in [-0.39, 0.29) is 17.6 Å². The maximum Gasteiger partial charge on any atom is 0.413 e. The molecule has 4 heterocycles. The summed E-state index contributed by atoms with van der Waals surface area (Å²) in [5.41, 5.74) is 8.51. The summed E-state index contributed by atoms with van der Waals surface area (Å²) < 4.78 is 37.1. The lowest BCUT2D eigenvalue weighted by molar-refractivity contribution is -0.103. The van der Waals surface area contributed by atoms with Crippen molar-refractivity contribution >= 4 is 34.1 Å². The lowest BCUT2D eigenvalue weighted by atomic mass is 9.97. The average molecular weight is 484 g/mol. The molecule has 1 saturated heterocycles. The summed E-state index contributed by atoms with van der Waals surface area (Å²) >= 11 is 0. The fraction of sp³-hybridized carbons (Fsp3) is 0.375. The van der Waals surface area contributed by atoms with Gasteiger partial charge in [-0.25, -0.2) is 19.2 Å². The Morgan fingerprint density at radius 2 is 2.09 bits per heavy atom. The Balaban J connectivity index is 1.44. The normalized spacial score (nSPS) is 19.4. The number of ether oxygens (including phenoxy) is 4. The second kappa shape index (κ2) is 9.51. The molecule has 11 heteroatoms. The lowest BCUT2D eigenvalue weighted by Crippen LogP contribution is -2.42. The van der Waals surface area contributed by atoms with Crippen LogP contribution in [-0.2, 0) is 14.2 Å². The standard InChI is InChI=1S/C24H26FN5O5/c1-12-15(9-29-23-22(12)27-4-6-34-23)14-7-13-8-19(28-10-16(13)21(26)20(14)25)30-24(31)35-17-3-5-33-11-18(17)32-2/h7-10,17-18,27H,3-6,11,26H2,1-2H3,(H,28,30,31)/t17-,18+/m0/s1. The molecule has 184 valence electrons. The van der Waals surface area contributed by atoms with Crippen LogP contribution < -0.4 is 21.1 Å². The van der Waals surface area contributed by atoms with Crippen molar-refractivity contribution in [3.8, 4) is 17.0 Å². The quantitative estimate of drug-likeness (QED) is 0.478. The van der Waals surface area contributed by atoms with Gasteiger partial charge in [0.25, 0.3) is 0 Å². The first kappa shape index (κ1) is 23.1. The van der Waals surface area contributed by atoms with Crippen LogP contribution in [0.3, 0.4) is 0 Å². The number of amides is 1. The SMILES string of the molecule is CO[C@@H]1COCC[C@@H]1OC(=O)Nc1cc2cc(-c3cnc4c(c3C)NCCO4)c(F)c(N)c2cn1. The third-order valence-electron chi connectivity index (χ3n) is 6.27. The summed E-state index contributed by atoms with van der Waals surface area (Å²) in [6.07, 6.45) is 2.10. The van der Waals surface area contributed by atoms with E-state index in [0.29, 0.717) is 60.6 Å². The number of aromatic nitrogens is 2. The van der Waals surface area contributed by atoms with Gasteiger partial charge in [0.2, 0.25) is 5.88 Å². The van der Waals surface area contributed by atoms with Crippen molar-refractivity contribution in [2.75, 3.05) is 49.8 Å². The number of carbonyl (C=O) groups is 1. The van der Waals surface area contributed by atoms with Crippen molar-refractivity contribution in [2.45, 2.75) is 25.6 Å². The van der Waals surface area contributed by atoms with Gasteiger partial charge in [0.1, 0.15) is 30.3 Å². The minimum absolute atomic E-state index is 0.0365. The summed E-state index contributed by atoms with van der Waals surface area (Å²) in [4.78, 5) is 21.0. The smallest absolute Gasteiger partial charge is 0.413 e. The lowest BCUT2D eigenvalue weighted by Gasteiger charge is -2.29. The molecule has 4 N–H and O–H groups in total. The fourth-order valence-electron chi connectivity index (χ4n) is 4.37. The number of carbonyl (C=O) groups excluding carboxylic acids is 1. The summed E-state index contributed by atoms with van der Waals surface area (Å²) in [6, 6.07) is 3.29. The third kappa shape index (κ3) is 4.40. The predicted octanol–water partition coefficient (Wildman–Crippen LogP) is 3.48. The van der Waals surface area contributed by atoms with Gasteiger partial charge in [-0.2, -0.15) is 0 Å². The van der Waals surface area contributed by atoms with E-state index in [1.807, 2.05) is 6.92 Å². The molecular formula is C24H26FN5O5. The van der Waals surface area contributed by atoms with Gasteiger partial charge >= 0.3 is 6.09 Å². The summed E-state index contributed by atoms with van der Waals surface area (Å²) in [6.45, 7) is 3.86. The number of nitrogens with one attached hydrogen (secondary N) is 2. The monoisotopic (exact) mass is 483 g/mol. The van der Waals surface area contributed by atoms with E-state index in [9.17, 15) is 4.79 Å². The number of nitrogens with two attached hydrogens (primary N) is 1. The first-order chi connectivity index (χ1) is 17.0. The number of fused-ring (bicyclic) bond motifs is 2. The van der Waals surface area contributed by atoms with E-state index in [4.69, 9.17) is 24.7 Å². The molecule has 2 aromatic heterocycles. The number of methoxy groups -OCH3 is 1. The van der Waals surface area contributed by atoms with Gasteiger partial charge in [-0.15, -0.1) is 0 Å². The van der Waals surface area contributed by atoms with Crippen molar-refractivity contribution in [3.63, 3.8) is 0 Å². The van der Waals surface area contributed by atoms with Gasteiger partial charge in [0.05, 0.1) is 18.9 Å². The number of hydrogen-bond donors (Lipinski definition) is 3. The van der Waals surface area contributed by atoms with Crippen LogP contribution >= 0.6 is 0 Å². The highest BCUT2D eigenvalue weighted by Crippen LogP contribution is 2.39. The Labute approximate surface area is 200 Å². The first-order valence-corrected chi connectivity index (χ1v) is 11.3. The molecule has 10 nitrogen and oxygen atoms in total. The molecule has 2 aliphatic heterocycles. The zero-order valence-electron chi connectivity index (χ0n) is 19.4. The molecule has 2 atom stereocenters. The highest BCUT2D eigenvalue weighted by molar-refractivity contribution is 5.99. The topological polar surface area (TPSA) is 130 Å². The molecule has 1 fully saturated rings. The van der Waals surface area contributed by atoms with Crippen LogP contribution in [0.2, 0.25) is 0 Å². The van der Waals surface area contributed by atoms with Gasteiger partial charge < -0.3 is 30.0 Å². The molecule has 0 aliphatic carbocycles. The molecule has 0 unspecified atom stereocenters. The van der Waals surface area contributed by atoms with E-state index in [1.165, 1.54) is 6.20 Å². The zero-order valence-corrected chi connectivity index (χ0v) is 19.4. The van der Waals surface area contributed by atoms with Crippen molar-refractivity contribution in [2.24, 2.45) is 0 Å². The minimum Gasteiger partial charge on any atom is -0.474 e. The zero-order chi connectivity index (χ0) is 24.5. The Morgan fingerprint density at radius 1 is 1.23 bits per heavy atom. The molecule has 1 aromatic carbocycles. The van der Waals surface area contributed by atoms with Crippen molar-refractivity contribution in [1.82, 2.24) is 9.97 Å². The van der Waals surface area contributed by atoms with Crippen LogP contribution in [0.1, 0.15) is 12.0 Å². The molecule has 2 aliphatic rings. The molecule has 5 rings (SSSR count). The number of halogens is 1. The number of rotatable bonds is 4. The van der Waals surface area contributed by atoms with E-state index < -0.39 is 18.0 Å². The van der Waals surface area contributed by atoms with Gasteiger partial charge in [-0.1, -0.05) is 0 Å². The van der Waals surface area contributed by atoms with Gasteiger partial charge in [0.15, 0.2) is 5.82 Å². The molecule has 0 bridgehead atoms. The predicted molar refractivity (Wildman–Crippen MR) is 128 cm³/mol. The van der Waals surface area contributed by atoms with Crippen LogP contribution in [0.25, 0.3) is 21.9 Å². The van der Waals surface area contributed by atoms with E-state index >= 15 is 4.39 Å². The van der Waals surface area contributed by atoms with Crippen molar-refractivity contribution < 1.29 is 28.1 Å². The maximum atomic E-state index is 15.3. The Kier molecular flexibility index (Phi) is 6.27. The number of pyridine rings is 2. The Morgan fingerprint density at radius 3 is 2.91 bits per heavy atom. The summed E-state index contributed by atoms with van der Waals surface area (Å²) in [5.74, 6) is 0.170. The highest BCUT2D eigenvalue weighted by Gasteiger charge is 2.29. The van der Waals surface area contributed by atoms with Gasteiger partial charge in [-0.05, 0) is 30.0 Å². The second-order valence-corrected chi connectivity index (χ2v) is 8.40. The molecular weight excluding hydrogens is 457 g/mol. The summed E-state index contributed by atoms with van der Waals surface area (Å²) in [5, 5.41) is 6.92. The van der Waals surface area contributed by atoms with Gasteiger partial charge in [-0.3, -0.25) is 5.32 Å². The van der Waals surface area contributed by atoms with Crippen LogP contribution in [0, 0.1) is 12.7 Å². The van der Waals surface area contributed by atoms with E-state index in [0.717, 1.165) is 11.3 Å². The largest absolute Gasteiger partial charge is 0.474 e. The summed E-state index contributed by atoms with van der Waals surface area (Å²) in [7, 11) is 1.54. The molecule has 0 radical (unpaired) electrons. The van der Waals surface area contributed by atoms with Crippen LogP contribution in [0.5, 0.6) is 5.88 Å².